The molecule has 1 aliphatic heterocycles. The van der Waals surface area contributed by atoms with E-state index < -0.39 is 10.0 Å². The normalized spacial score (nSPS) is 14.9. The number of halogens is 1. The van der Waals surface area contributed by atoms with Gasteiger partial charge in [-0.05, 0) is 49.2 Å². The zero-order chi connectivity index (χ0) is 17.3. The summed E-state index contributed by atoms with van der Waals surface area (Å²) in [6, 6.07) is 7.98. The molecule has 1 aliphatic rings. The quantitative estimate of drug-likeness (QED) is 0.845. The number of amides is 1. The Balaban J connectivity index is 1.87. The predicted molar refractivity (Wildman–Crippen MR) is 92.8 cm³/mol. The molecule has 1 fully saturated rings. The predicted octanol–water partition coefficient (Wildman–Crippen LogP) is 2.97. The van der Waals surface area contributed by atoms with Crippen LogP contribution in [0.15, 0.2) is 41.4 Å². The Bertz CT molecular complexity index is 899. The number of aryl methyl sites for hydroxylation is 1. The lowest BCUT2D eigenvalue weighted by molar-refractivity contribution is -0.117. The van der Waals surface area contributed by atoms with Crippen LogP contribution in [0.5, 0.6) is 0 Å². The van der Waals surface area contributed by atoms with Crippen molar-refractivity contribution in [2.24, 2.45) is 0 Å². The van der Waals surface area contributed by atoms with E-state index >= 15 is 0 Å². The van der Waals surface area contributed by atoms with Crippen LogP contribution < -0.4 is 9.62 Å². The molecule has 0 spiro atoms. The van der Waals surface area contributed by atoms with E-state index in [0.29, 0.717) is 18.7 Å². The van der Waals surface area contributed by atoms with Gasteiger partial charge in [-0.2, -0.15) is 0 Å². The van der Waals surface area contributed by atoms with Gasteiger partial charge in [0.1, 0.15) is 10.0 Å². The molecule has 24 heavy (non-hydrogen) atoms. The van der Waals surface area contributed by atoms with Crippen molar-refractivity contribution in [3.63, 3.8) is 0 Å². The van der Waals surface area contributed by atoms with Crippen molar-refractivity contribution in [2.75, 3.05) is 16.2 Å². The molecule has 1 saturated heterocycles. The standard InChI is InChI=1S/C16H16ClN3O3S/c1-11-10-12(6-7-13(11)20-9-3-5-15(20)21)19-24(22,23)14-4-2-8-18-16(14)17/h2,4,6-8,10,19H,3,5,9H2,1H3. The number of hydrogen-bond donors (Lipinski definition) is 1. The third-order valence-electron chi connectivity index (χ3n) is 3.83. The van der Waals surface area contributed by atoms with Gasteiger partial charge in [-0.25, -0.2) is 13.4 Å². The Kier molecular flexibility index (Phi) is 4.47. The largest absolute Gasteiger partial charge is 0.312 e. The zero-order valence-corrected chi connectivity index (χ0v) is 14.6. The summed E-state index contributed by atoms with van der Waals surface area (Å²) in [5.74, 6) is 0.0913. The van der Waals surface area contributed by atoms with Crippen LogP contribution in [0.1, 0.15) is 18.4 Å². The van der Waals surface area contributed by atoms with Crippen molar-refractivity contribution in [2.45, 2.75) is 24.7 Å². The van der Waals surface area contributed by atoms with E-state index in [4.69, 9.17) is 11.6 Å². The summed E-state index contributed by atoms with van der Waals surface area (Å²) in [5, 5.41) is -0.0824. The van der Waals surface area contributed by atoms with Crippen LogP contribution in [0.4, 0.5) is 11.4 Å². The molecule has 6 nitrogen and oxygen atoms in total. The van der Waals surface area contributed by atoms with Crippen molar-refractivity contribution in [1.82, 2.24) is 4.98 Å². The number of carbonyl (C=O) groups is 1. The van der Waals surface area contributed by atoms with Gasteiger partial charge in [-0.1, -0.05) is 11.6 Å². The number of pyridine rings is 1. The fourth-order valence-electron chi connectivity index (χ4n) is 2.71. The first kappa shape index (κ1) is 16.7. The molecule has 8 heteroatoms. The lowest BCUT2D eigenvalue weighted by atomic mass is 10.1. The first-order valence-corrected chi connectivity index (χ1v) is 9.29. The van der Waals surface area contributed by atoms with E-state index in [1.165, 1.54) is 18.3 Å². The molecule has 2 aromatic rings. The Morgan fingerprint density at radius 2 is 2.08 bits per heavy atom. The number of sulfonamides is 1. The van der Waals surface area contributed by atoms with Crippen LogP contribution in [-0.4, -0.2) is 25.9 Å². The highest BCUT2D eigenvalue weighted by molar-refractivity contribution is 7.92. The summed E-state index contributed by atoms with van der Waals surface area (Å²) >= 11 is 5.86. The number of carbonyl (C=O) groups excluding carboxylic acids is 1. The molecule has 0 unspecified atom stereocenters. The first-order chi connectivity index (χ1) is 11.4. The van der Waals surface area contributed by atoms with E-state index in [9.17, 15) is 13.2 Å². The second kappa shape index (κ2) is 6.41. The van der Waals surface area contributed by atoms with Crippen molar-refractivity contribution in [1.29, 1.82) is 0 Å². The van der Waals surface area contributed by atoms with Gasteiger partial charge < -0.3 is 4.90 Å². The fraction of sp³-hybridized carbons (Fsp3) is 0.250. The third kappa shape index (κ3) is 3.22. The second-order valence-corrected chi connectivity index (χ2v) is 7.56. The lowest BCUT2D eigenvalue weighted by Crippen LogP contribution is -2.24. The number of nitrogens with zero attached hydrogens (tertiary/aromatic N) is 2. The SMILES string of the molecule is Cc1cc(NS(=O)(=O)c2cccnc2Cl)ccc1N1CCCC1=O. The van der Waals surface area contributed by atoms with Crippen LogP contribution in [-0.2, 0) is 14.8 Å². The molecule has 1 amide bonds. The topological polar surface area (TPSA) is 79.4 Å². The molecule has 0 radical (unpaired) electrons. The molecule has 126 valence electrons. The summed E-state index contributed by atoms with van der Waals surface area (Å²) in [6.07, 6.45) is 2.81. The lowest BCUT2D eigenvalue weighted by Gasteiger charge is -2.19. The van der Waals surface area contributed by atoms with Crippen molar-refractivity contribution in [3.8, 4) is 0 Å². The van der Waals surface area contributed by atoms with Crippen LogP contribution in [0.25, 0.3) is 0 Å². The van der Waals surface area contributed by atoms with Crippen molar-refractivity contribution in [3.05, 3.63) is 47.2 Å². The highest BCUT2D eigenvalue weighted by Gasteiger charge is 2.24. The Hall–Kier alpha value is -2.12. The average Bonchev–Trinajstić information content (AvgIpc) is 2.93. The van der Waals surface area contributed by atoms with Gasteiger partial charge in [0, 0.05) is 30.5 Å². The molecule has 1 aromatic heterocycles. The molecular weight excluding hydrogens is 350 g/mol. The molecule has 0 atom stereocenters. The van der Waals surface area contributed by atoms with E-state index in [2.05, 4.69) is 9.71 Å². The van der Waals surface area contributed by atoms with Crippen LogP contribution in [0.2, 0.25) is 5.15 Å². The van der Waals surface area contributed by atoms with Gasteiger partial charge in [0.25, 0.3) is 10.0 Å². The smallest absolute Gasteiger partial charge is 0.264 e. The minimum absolute atomic E-state index is 0.0804. The van der Waals surface area contributed by atoms with Crippen LogP contribution in [0, 0.1) is 6.92 Å². The van der Waals surface area contributed by atoms with Crippen molar-refractivity contribution >= 4 is 38.9 Å². The second-order valence-electron chi connectivity index (χ2n) is 5.55. The number of anilines is 2. The molecule has 2 heterocycles. The average molecular weight is 366 g/mol. The maximum atomic E-state index is 12.4. The third-order valence-corrected chi connectivity index (χ3v) is 5.65. The summed E-state index contributed by atoms with van der Waals surface area (Å²) in [5.41, 5.74) is 2.03. The summed E-state index contributed by atoms with van der Waals surface area (Å²) in [7, 11) is -3.83. The fourth-order valence-corrected chi connectivity index (χ4v) is 4.21. The van der Waals surface area contributed by atoms with Gasteiger partial charge >= 0.3 is 0 Å². The molecular formula is C16H16ClN3O3S. The van der Waals surface area contributed by atoms with Crippen LogP contribution in [0.3, 0.4) is 0 Å². The monoisotopic (exact) mass is 365 g/mol. The first-order valence-electron chi connectivity index (χ1n) is 7.43. The highest BCUT2D eigenvalue weighted by Crippen LogP contribution is 2.29. The minimum Gasteiger partial charge on any atom is -0.312 e. The number of hydrogen-bond acceptors (Lipinski definition) is 4. The molecule has 3 rings (SSSR count). The number of aromatic nitrogens is 1. The number of rotatable bonds is 4. The molecule has 0 saturated carbocycles. The summed E-state index contributed by atoms with van der Waals surface area (Å²) in [6.45, 7) is 2.53. The van der Waals surface area contributed by atoms with Crippen LogP contribution >= 0.6 is 11.6 Å². The molecule has 0 bridgehead atoms. The molecule has 0 aliphatic carbocycles. The Labute approximate surface area is 145 Å². The van der Waals surface area contributed by atoms with E-state index in [-0.39, 0.29) is 16.0 Å². The molecule has 1 N–H and O–H groups in total. The summed E-state index contributed by atoms with van der Waals surface area (Å²) in [4.78, 5) is 17.3. The van der Waals surface area contributed by atoms with Crippen molar-refractivity contribution < 1.29 is 13.2 Å². The maximum absolute atomic E-state index is 12.4. The maximum Gasteiger partial charge on any atom is 0.264 e. The minimum atomic E-state index is -3.83. The van der Waals surface area contributed by atoms with E-state index in [1.54, 1.807) is 23.1 Å². The van der Waals surface area contributed by atoms with E-state index in [1.807, 2.05) is 6.92 Å². The Morgan fingerprint density at radius 1 is 1.29 bits per heavy atom. The molecule has 1 aromatic carbocycles. The number of nitrogens with one attached hydrogen (secondary N) is 1. The highest BCUT2D eigenvalue weighted by atomic mass is 35.5. The van der Waals surface area contributed by atoms with Gasteiger partial charge in [0.05, 0.1) is 0 Å². The van der Waals surface area contributed by atoms with Gasteiger partial charge in [0.15, 0.2) is 0 Å². The van der Waals surface area contributed by atoms with Gasteiger partial charge in [0.2, 0.25) is 5.91 Å². The van der Waals surface area contributed by atoms with Gasteiger partial charge in [-0.15, -0.1) is 0 Å². The Morgan fingerprint density at radius 3 is 2.71 bits per heavy atom. The summed E-state index contributed by atoms with van der Waals surface area (Å²) < 4.78 is 27.3. The zero-order valence-electron chi connectivity index (χ0n) is 13.0. The van der Waals surface area contributed by atoms with E-state index in [0.717, 1.165) is 17.7 Å². The number of benzene rings is 1. The van der Waals surface area contributed by atoms with Gasteiger partial charge in [-0.3, -0.25) is 9.52 Å².